The molecule has 5 nitrogen and oxygen atoms in total. The zero-order valence-electron chi connectivity index (χ0n) is 20.4. The number of carbonyl (C=O) groups excluding carboxylic acids is 2. The number of rotatable bonds is 7. The first-order valence-corrected chi connectivity index (χ1v) is 12.7. The maximum atomic E-state index is 12.9. The van der Waals surface area contributed by atoms with Crippen molar-refractivity contribution >= 4 is 23.5 Å². The van der Waals surface area contributed by atoms with Crippen LogP contribution in [0.3, 0.4) is 0 Å². The molecule has 5 rings (SSSR count). The van der Waals surface area contributed by atoms with E-state index in [1.807, 2.05) is 30.3 Å². The van der Waals surface area contributed by atoms with Gasteiger partial charge < -0.3 is 9.84 Å². The molecule has 2 saturated heterocycles. The van der Waals surface area contributed by atoms with Gasteiger partial charge in [0, 0.05) is 13.0 Å². The number of amides is 2. The largest absolute Gasteiger partial charge is 0.508 e. The molecule has 2 aromatic rings. The number of hydrogen-bond donors (Lipinski definition) is 1. The van der Waals surface area contributed by atoms with Gasteiger partial charge in [-0.15, -0.1) is 0 Å². The minimum Gasteiger partial charge on any atom is -0.508 e. The molecule has 2 aromatic carbocycles. The van der Waals surface area contributed by atoms with Crippen LogP contribution in [-0.4, -0.2) is 41.6 Å². The molecule has 2 heterocycles. The SMILES string of the molecule is CCCC1=C2[C@@H](CC/C(=C/c3cccc(O)c3)c3ccccc3)OC[C@@H]2[C@@H]2C(=O)N(C)C(=O)[C@@H]2C1. The third-order valence-corrected chi connectivity index (χ3v) is 7.81. The van der Waals surface area contributed by atoms with Gasteiger partial charge >= 0.3 is 0 Å². The highest BCUT2D eigenvalue weighted by Gasteiger charge is 2.55. The number of imide groups is 1. The van der Waals surface area contributed by atoms with E-state index in [1.165, 1.54) is 21.6 Å². The smallest absolute Gasteiger partial charge is 0.233 e. The third-order valence-electron chi connectivity index (χ3n) is 7.81. The number of benzene rings is 2. The van der Waals surface area contributed by atoms with Crippen LogP contribution < -0.4 is 0 Å². The Morgan fingerprint density at radius 1 is 1.09 bits per heavy atom. The average molecular weight is 472 g/mol. The summed E-state index contributed by atoms with van der Waals surface area (Å²) in [6.07, 6.45) is 6.37. The second kappa shape index (κ2) is 9.82. The number of hydrogen-bond acceptors (Lipinski definition) is 4. The van der Waals surface area contributed by atoms with Crippen LogP contribution in [-0.2, 0) is 14.3 Å². The highest BCUT2D eigenvalue weighted by molar-refractivity contribution is 6.05. The van der Waals surface area contributed by atoms with Crippen molar-refractivity contribution < 1.29 is 19.4 Å². The molecule has 1 N–H and O–H groups in total. The van der Waals surface area contributed by atoms with Crippen molar-refractivity contribution in [2.75, 3.05) is 13.7 Å². The van der Waals surface area contributed by atoms with Gasteiger partial charge in [0.2, 0.25) is 11.8 Å². The molecule has 0 saturated carbocycles. The zero-order valence-corrected chi connectivity index (χ0v) is 20.4. The summed E-state index contributed by atoms with van der Waals surface area (Å²) in [4.78, 5) is 27.0. The fourth-order valence-corrected chi connectivity index (χ4v) is 6.22. The van der Waals surface area contributed by atoms with Crippen LogP contribution in [0.4, 0.5) is 0 Å². The molecule has 5 heteroatoms. The van der Waals surface area contributed by atoms with Crippen molar-refractivity contribution in [3.63, 3.8) is 0 Å². The summed E-state index contributed by atoms with van der Waals surface area (Å²) in [5.41, 5.74) is 5.90. The molecular weight excluding hydrogens is 438 g/mol. The second-order valence-corrected chi connectivity index (χ2v) is 9.98. The van der Waals surface area contributed by atoms with Crippen molar-refractivity contribution in [2.24, 2.45) is 17.8 Å². The first-order chi connectivity index (χ1) is 17.0. The Kier molecular flexibility index (Phi) is 6.61. The summed E-state index contributed by atoms with van der Waals surface area (Å²) < 4.78 is 6.35. The van der Waals surface area contributed by atoms with Crippen LogP contribution in [0.1, 0.15) is 50.2 Å². The number of allylic oxidation sites excluding steroid dienone is 2. The molecule has 4 atom stereocenters. The van der Waals surface area contributed by atoms with Crippen molar-refractivity contribution in [3.8, 4) is 5.75 Å². The Balaban J connectivity index is 1.43. The summed E-state index contributed by atoms with van der Waals surface area (Å²) in [7, 11) is 1.62. The Morgan fingerprint density at radius 2 is 1.89 bits per heavy atom. The summed E-state index contributed by atoms with van der Waals surface area (Å²) in [5, 5.41) is 9.93. The van der Waals surface area contributed by atoms with Gasteiger partial charge in [-0.25, -0.2) is 0 Å². The number of carbonyl (C=O) groups is 2. The molecule has 0 aromatic heterocycles. The van der Waals surface area contributed by atoms with E-state index < -0.39 is 0 Å². The topological polar surface area (TPSA) is 66.8 Å². The number of ether oxygens (including phenoxy) is 1. The summed E-state index contributed by atoms with van der Waals surface area (Å²) in [6, 6.07) is 17.6. The van der Waals surface area contributed by atoms with Gasteiger partial charge in [0.1, 0.15) is 5.75 Å². The molecular formula is C30H33NO4. The van der Waals surface area contributed by atoms with Crippen LogP contribution in [0, 0.1) is 17.8 Å². The quantitative estimate of drug-likeness (QED) is 0.331. The first kappa shape index (κ1) is 23.6. The maximum absolute atomic E-state index is 12.9. The van der Waals surface area contributed by atoms with Gasteiger partial charge in [-0.3, -0.25) is 14.5 Å². The van der Waals surface area contributed by atoms with Gasteiger partial charge in [0.05, 0.1) is 24.5 Å². The number of fused-ring (bicyclic) bond motifs is 3. The maximum Gasteiger partial charge on any atom is 0.233 e. The second-order valence-electron chi connectivity index (χ2n) is 9.98. The molecule has 1 aliphatic carbocycles. The molecule has 0 spiro atoms. The monoisotopic (exact) mass is 471 g/mol. The predicted molar refractivity (Wildman–Crippen MR) is 136 cm³/mol. The number of nitrogens with zero attached hydrogens (tertiary/aromatic N) is 1. The summed E-state index contributed by atoms with van der Waals surface area (Å²) >= 11 is 0. The highest BCUT2D eigenvalue weighted by Crippen LogP contribution is 2.50. The zero-order chi connectivity index (χ0) is 24.5. The molecule has 0 radical (unpaired) electrons. The van der Waals surface area contributed by atoms with Crippen molar-refractivity contribution in [1.29, 1.82) is 0 Å². The Hall–Kier alpha value is -3.18. The molecule has 2 fully saturated rings. The fourth-order valence-electron chi connectivity index (χ4n) is 6.22. The molecule has 182 valence electrons. The van der Waals surface area contributed by atoms with E-state index >= 15 is 0 Å². The molecule has 2 amide bonds. The van der Waals surface area contributed by atoms with Gasteiger partial charge in [0.15, 0.2) is 0 Å². The number of phenols is 1. The van der Waals surface area contributed by atoms with Crippen LogP contribution in [0.2, 0.25) is 0 Å². The van der Waals surface area contributed by atoms with E-state index in [-0.39, 0.29) is 41.4 Å². The van der Waals surface area contributed by atoms with Crippen LogP contribution >= 0.6 is 0 Å². The van der Waals surface area contributed by atoms with E-state index in [0.29, 0.717) is 13.0 Å². The third kappa shape index (κ3) is 4.45. The lowest BCUT2D eigenvalue weighted by molar-refractivity contribution is -0.138. The summed E-state index contributed by atoms with van der Waals surface area (Å²) in [6.45, 7) is 2.68. The van der Waals surface area contributed by atoms with Gasteiger partial charge in [-0.1, -0.05) is 67.5 Å². The lowest BCUT2D eigenvalue weighted by Crippen LogP contribution is -2.34. The minimum absolute atomic E-state index is 0.0110. The fraction of sp³-hybridized carbons (Fsp3) is 0.400. The first-order valence-electron chi connectivity index (χ1n) is 12.7. The number of likely N-dealkylation sites (tertiary alicyclic amines) is 1. The van der Waals surface area contributed by atoms with E-state index in [9.17, 15) is 14.7 Å². The Morgan fingerprint density at radius 3 is 2.63 bits per heavy atom. The molecule has 2 aliphatic heterocycles. The number of phenolic OH excluding ortho intramolecular Hbond substituents is 1. The standard InChI is InChI=1S/C30H33NO4/c1-3-8-22-17-24-28(30(34)31(2)29(24)33)25-18-35-26(27(22)25)14-13-21(20-10-5-4-6-11-20)15-19-9-7-12-23(32)16-19/h4-7,9-12,15-16,24-26,28,32H,3,8,13-14,17-18H2,1-2H3/b21-15-/t24-,25+,26-,28-/m1/s1. The Labute approximate surface area is 207 Å². The van der Waals surface area contributed by atoms with E-state index in [2.05, 4.69) is 25.1 Å². The van der Waals surface area contributed by atoms with Crippen LogP contribution in [0.15, 0.2) is 65.7 Å². The van der Waals surface area contributed by atoms with Gasteiger partial charge in [0.25, 0.3) is 0 Å². The highest BCUT2D eigenvalue weighted by atomic mass is 16.5. The van der Waals surface area contributed by atoms with Crippen molar-refractivity contribution in [2.45, 2.75) is 45.1 Å². The molecule has 0 unspecified atom stereocenters. The molecule has 3 aliphatic rings. The van der Waals surface area contributed by atoms with Crippen LogP contribution in [0.5, 0.6) is 5.75 Å². The molecule has 35 heavy (non-hydrogen) atoms. The van der Waals surface area contributed by atoms with E-state index in [1.54, 1.807) is 19.2 Å². The van der Waals surface area contributed by atoms with E-state index in [0.717, 1.165) is 36.8 Å². The normalized spacial score (nSPS) is 26.3. The molecule has 0 bridgehead atoms. The Bertz CT molecular complexity index is 1180. The van der Waals surface area contributed by atoms with Gasteiger partial charge in [-0.2, -0.15) is 0 Å². The summed E-state index contributed by atoms with van der Waals surface area (Å²) in [5.74, 6) is -0.315. The predicted octanol–water partition coefficient (Wildman–Crippen LogP) is 5.46. The van der Waals surface area contributed by atoms with E-state index in [4.69, 9.17) is 4.74 Å². The van der Waals surface area contributed by atoms with Crippen LogP contribution in [0.25, 0.3) is 11.6 Å². The lowest BCUT2D eigenvalue weighted by Gasteiger charge is -2.32. The van der Waals surface area contributed by atoms with Crippen molar-refractivity contribution in [1.82, 2.24) is 4.90 Å². The van der Waals surface area contributed by atoms with Crippen molar-refractivity contribution in [3.05, 3.63) is 76.9 Å². The number of aromatic hydroxyl groups is 1. The van der Waals surface area contributed by atoms with Gasteiger partial charge in [-0.05, 0) is 60.1 Å². The average Bonchev–Trinajstić information content (AvgIpc) is 3.38. The minimum atomic E-state index is -0.274. The lowest BCUT2D eigenvalue weighted by atomic mass is 9.68.